The van der Waals surface area contributed by atoms with Gasteiger partial charge in [-0.1, -0.05) is 30.3 Å². The van der Waals surface area contributed by atoms with Gasteiger partial charge in [0.05, 0.1) is 0 Å². The average Bonchev–Trinajstić information content (AvgIpc) is 3.12. The molecule has 1 N–H and O–H groups in total. The van der Waals surface area contributed by atoms with Gasteiger partial charge in [-0.3, -0.25) is 0 Å². The average molecular weight is 579 g/mol. The van der Waals surface area contributed by atoms with Crippen LogP contribution in [0.4, 0.5) is 5.95 Å². The third kappa shape index (κ3) is 5.15. The van der Waals surface area contributed by atoms with Crippen LogP contribution < -0.4 is 3.13 Å². The van der Waals surface area contributed by atoms with Gasteiger partial charge in [-0.25, -0.2) is 0 Å². The van der Waals surface area contributed by atoms with Crippen LogP contribution in [0.15, 0.2) is 36.7 Å². The summed E-state index contributed by atoms with van der Waals surface area (Å²) in [4.78, 5) is 13.0. The van der Waals surface area contributed by atoms with Crippen molar-refractivity contribution in [2.45, 2.75) is 39.2 Å². The Balaban J connectivity index is 1.65. The summed E-state index contributed by atoms with van der Waals surface area (Å²) in [6.45, 7) is 5.14. The number of anilines is 1. The molecule has 0 spiro atoms. The summed E-state index contributed by atoms with van der Waals surface area (Å²) in [6, 6.07) is 10.1. The van der Waals surface area contributed by atoms with Gasteiger partial charge < -0.3 is 0 Å². The van der Waals surface area contributed by atoms with E-state index in [0.29, 0.717) is 61.5 Å². The first-order valence-electron chi connectivity index (χ1n) is 8.76. The zero-order valence-electron chi connectivity index (χ0n) is 15.3. The fourth-order valence-corrected chi connectivity index (χ4v) is 3.41. The van der Waals surface area contributed by atoms with E-state index in [0.717, 1.165) is 12.0 Å². The second-order valence-corrected chi connectivity index (χ2v) is 7.55. The molecule has 0 saturated heterocycles. The second-order valence-electron chi connectivity index (χ2n) is 6.07. The molecule has 0 radical (unpaired) electrons. The van der Waals surface area contributed by atoms with E-state index in [1.807, 2.05) is 41.8 Å². The number of aromatic nitrogens is 4. The number of hydrogen-bond acceptors (Lipinski definition) is 6. The van der Waals surface area contributed by atoms with E-state index in [4.69, 9.17) is 21.1 Å². The molecule has 0 bridgehead atoms. The van der Waals surface area contributed by atoms with Crippen LogP contribution in [0.1, 0.15) is 32.1 Å². The minimum absolute atomic E-state index is 0.0314. The van der Waals surface area contributed by atoms with Crippen molar-refractivity contribution >= 4 is 54.8 Å². The molecule has 27 heavy (non-hydrogen) atoms. The molecule has 2 heterocycles. The fourth-order valence-electron chi connectivity index (χ4n) is 2.69. The Morgan fingerprint density at radius 1 is 1.26 bits per heavy atom. The van der Waals surface area contributed by atoms with Crippen LogP contribution in [0.25, 0.3) is 11.2 Å². The zero-order valence-corrected chi connectivity index (χ0v) is 20.5. The van der Waals surface area contributed by atoms with E-state index in [2.05, 4.69) is 25.0 Å². The Morgan fingerprint density at radius 3 is 2.74 bits per heavy atom. The summed E-state index contributed by atoms with van der Waals surface area (Å²) in [5.74, 6) is 0.518. The first-order chi connectivity index (χ1) is 13.1. The maximum absolute atomic E-state index is 6.21. The van der Waals surface area contributed by atoms with Gasteiger partial charge in [0.25, 0.3) is 0 Å². The molecule has 0 amide bonds. The number of rotatable bonds is 9. The van der Waals surface area contributed by atoms with Crippen molar-refractivity contribution in [1.82, 2.24) is 19.5 Å². The molecule has 0 aliphatic heterocycles. The Morgan fingerprint density at radius 2 is 2.04 bits per heavy atom. The Bertz CT molecular complexity index is 877. The van der Waals surface area contributed by atoms with E-state index in [9.17, 15) is 0 Å². The normalized spacial score (nSPS) is 13.6. The molecule has 2 aromatic heterocycles. The van der Waals surface area contributed by atoms with E-state index >= 15 is 0 Å². The fraction of sp³-hybridized carbons (Fsp3) is 0.389. The zero-order chi connectivity index (χ0) is 19.2. The van der Waals surface area contributed by atoms with Gasteiger partial charge in [0, 0.05) is 0 Å². The van der Waals surface area contributed by atoms with Crippen molar-refractivity contribution in [1.29, 1.82) is 0 Å². The van der Waals surface area contributed by atoms with Gasteiger partial charge in [0.1, 0.15) is 0 Å². The molecule has 0 aliphatic carbocycles. The summed E-state index contributed by atoms with van der Waals surface area (Å²) in [7, 11) is 0. The Labute approximate surface area is 179 Å². The van der Waals surface area contributed by atoms with Gasteiger partial charge >= 0.3 is 150 Å². The number of fused-ring (bicyclic) bond motifs is 1. The predicted octanol–water partition coefficient (Wildman–Crippen LogP) is 3.51. The van der Waals surface area contributed by atoms with Crippen LogP contribution in [0, 0.1) is 0 Å². The van der Waals surface area contributed by atoms with Crippen LogP contribution in [0.5, 0.6) is 0 Å². The number of nitrogens with one attached hydrogen (secondary N) is 1. The first-order valence-corrected chi connectivity index (χ1v) is 11.4. The molecule has 7 nitrogen and oxygen atoms in total. The van der Waals surface area contributed by atoms with Crippen molar-refractivity contribution < 1.29 is 9.47 Å². The summed E-state index contributed by atoms with van der Waals surface area (Å²) in [6.07, 6.45) is 2.24. The van der Waals surface area contributed by atoms with Crippen LogP contribution >= 0.6 is 11.6 Å². The van der Waals surface area contributed by atoms with Gasteiger partial charge in [0.2, 0.25) is 0 Å². The minimum atomic E-state index is -0.254. The molecule has 2 unspecified atom stereocenters. The maximum atomic E-state index is 6.21. The molecule has 2 atom stereocenters. The van der Waals surface area contributed by atoms with Crippen LogP contribution in [-0.4, -0.2) is 58.3 Å². The van der Waals surface area contributed by atoms with Gasteiger partial charge in [-0.15, -0.1) is 0 Å². The number of ether oxygens (including phenoxy) is 2. The third-order valence-corrected chi connectivity index (χ3v) is 5.43. The molecule has 0 fully saturated rings. The van der Waals surface area contributed by atoms with Crippen LogP contribution in [0.3, 0.4) is 0 Å². The molecule has 3 rings (SSSR count). The molecular weight excluding hydrogens is 558 g/mol. The molecule has 0 aliphatic rings. The third-order valence-electron chi connectivity index (χ3n) is 4.16. The monoisotopic (exact) mass is 579 g/mol. The van der Waals surface area contributed by atoms with Gasteiger partial charge in [0.15, 0.2) is 0 Å². The summed E-state index contributed by atoms with van der Waals surface area (Å²) >= 11 is 6.74. The molecule has 140 valence electrons. The van der Waals surface area contributed by atoms with Crippen molar-refractivity contribution in [2.75, 3.05) is 9.73 Å². The quantitative estimate of drug-likeness (QED) is 0.309. The van der Waals surface area contributed by atoms with Crippen molar-refractivity contribution in [2.24, 2.45) is 0 Å². The van der Waals surface area contributed by atoms with E-state index in [-0.39, 0.29) is 12.3 Å². The van der Waals surface area contributed by atoms with Crippen molar-refractivity contribution in [3.8, 4) is 0 Å². The Kier molecular flexibility index (Phi) is 7.39. The predicted molar refractivity (Wildman–Crippen MR) is 106 cm³/mol. The van der Waals surface area contributed by atoms with Crippen molar-refractivity contribution in [3.05, 3.63) is 47.4 Å². The SMILES string of the molecule is CCC(COCc1ccccc1)OC(C)n1cnc2c(Cl)nc([NH][Tl])nc21. The topological polar surface area (TPSA) is 74.1 Å². The molecular formula is C18H21ClN5O2Tl. The molecule has 1 aromatic carbocycles. The van der Waals surface area contributed by atoms with E-state index in [1.54, 1.807) is 6.33 Å². The van der Waals surface area contributed by atoms with Gasteiger partial charge in [-0.2, -0.15) is 0 Å². The Hall–Kier alpha value is -1.30. The van der Waals surface area contributed by atoms with Gasteiger partial charge in [-0.05, 0) is 0 Å². The number of hydrogen-bond donors (Lipinski definition) is 1. The van der Waals surface area contributed by atoms with Crippen molar-refractivity contribution in [3.63, 3.8) is 0 Å². The van der Waals surface area contributed by atoms with Crippen LogP contribution in [-0.2, 0) is 16.1 Å². The number of imidazole rings is 1. The number of nitrogens with zero attached hydrogens (tertiary/aromatic N) is 4. The first kappa shape index (κ1) is 20.4. The number of halogens is 1. The van der Waals surface area contributed by atoms with E-state index < -0.39 is 0 Å². The molecule has 3 aromatic rings. The molecule has 0 saturated carbocycles. The summed E-state index contributed by atoms with van der Waals surface area (Å²) < 4.78 is 17.0. The second kappa shape index (κ2) is 9.76. The molecule has 9 heteroatoms. The standard InChI is InChI=1S/C18H21ClN5O2.Tl/c1-3-14(10-25-9-13-7-5-4-6-8-13)26-12(2)24-11-21-15-16(19)22-18(20)23-17(15)24;/h4-8,11-12,14H,3,9-10H2,1-2H3,(H-,20,22,23);/q-1;+1. The summed E-state index contributed by atoms with van der Waals surface area (Å²) in [5.41, 5.74) is 2.38. The van der Waals surface area contributed by atoms with Crippen LogP contribution in [0.2, 0.25) is 5.15 Å². The summed E-state index contributed by atoms with van der Waals surface area (Å²) in [5, 5.41) is 0.340. The van der Waals surface area contributed by atoms with E-state index in [1.165, 1.54) is 0 Å². The number of benzene rings is 1.